The number of nitrogen functional groups attached to an aromatic ring is 1. The minimum Gasteiger partial charge on any atom is -0.384 e. The van der Waals surface area contributed by atoms with Crippen LogP contribution in [0.2, 0.25) is 0 Å². The number of sulfone groups is 1. The van der Waals surface area contributed by atoms with E-state index in [0.29, 0.717) is 17.1 Å². The Morgan fingerprint density at radius 2 is 2.17 bits per heavy atom. The average Bonchev–Trinajstić information content (AvgIpc) is 2.24. The predicted octanol–water partition coefficient (Wildman–Crippen LogP) is 1.39. The fourth-order valence-electron chi connectivity index (χ4n) is 1.29. The molecule has 100 valence electrons. The third kappa shape index (κ3) is 4.66. The molecule has 0 atom stereocenters. The fraction of sp³-hybridized carbons (Fsp3) is 0.364. The van der Waals surface area contributed by atoms with E-state index in [1.165, 1.54) is 24.1 Å². The van der Waals surface area contributed by atoms with Gasteiger partial charge in [-0.15, -0.1) is 0 Å². The van der Waals surface area contributed by atoms with Gasteiger partial charge in [0.25, 0.3) is 0 Å². The Bertz CT molecular complexity index is 544. The molecular formula is C11H15FN2O2S2. The fourth-order valence-corrected chi connectivity index (χ4v) is 3.56. The van der Waals surface area contributed by atoms with Crippen LogP contribution in [0.4, 0.5) is 4.39 Å². The summed E-state index contributed by atoms with van der Waals surface area (Å²) in [6.45, 7) is 0. The van der Waals surface area contributed by atoms with E-state index in [2.05, 4.69) is 0 Å². The molecule has 7 heteroatoms. The van der Waals surface area contributed by atoms with Crippen molar-refractivity contribution in [2.75, 3.05) is 17.8 Å². The molecule has 0 aliphatic heterocycles. The first-order valence-electron chi connectivity index (χ1n) is 5.18. The van der Waals surface area contributed by atoms with Crippen molar-refractivity contribution in [3.63, 3.8) is 0 Å². The first kappa shape index (κ1) is 15.0. The molecule has 0 heterocycles. The summed E-state index contributed by atoms with van der Waals surface area (Å²) in [5.41, 5.74) is 5.76. The van der Waals surface area contributed by atoms with Gasteiger partial charge in [-0.05, 0) is 11.6 Å². The van der Waals surface area contributed by atoms with Crippen LogP contribution in [0.15, 0.2) is 18.2 Å². The Labute approximate surface area is 110 Å². The molecule has 4 nitrogen and oxygen atoms in total. The van der Waals surface area contributed by atoms with Crippen LogP contribution in [0.3, 0.4) is 0 Å². The number of hydrogen-bond acceptors (Lipinski definition) is 4. The van der Waals surface area contributed by atoms with Crippen molar-refractivity contribution in [2.24, 2.45) is 5.73 Å². The molecule has 0 saturated heterocycles. The number of rotatable bonds is 6. The Balaban J connectivity index is 2.63. The molecule has 0 spiro atoms. The lowest BCUT2D eigenvalue weighted by molar-refractivity contribution is 0.603. The first-order valence-corrected chi connectivity index (χ1v) is 8.40. The molecule has 0 amide bonds. The second-order valence-corrected chi connectivity index (χ2v) is 7.24. The second-order valence-electron chi connectivity index (χ2n) is 3.87. The standard InChI is InChI=1S/C11H15FN2O2S2/c1-18(15,16)6-5-17-7-8-3-2-4-9(10(8)12)11(13)14/h2-4H,5-7H2,1H3,(H3,13,14). The molecule has 1 aromatic rings. The number of benzene rings is 1. The Morgan fingerprint density at radius 1 is 1.50 bits per heavy atom. The van der Waals surface area contributed by atoms with Crippen molar-refractivity contribution in [1.29, 1.82) is 5.41 Å². The molecule has 3 N–H and O–H groups in total. The molecule has 18 heavy (non-hydrogen) atoms. The topological polar surface area (TPSA) is 84.0 Å². The summed E-state index contributed by atoms with van der Waals surface area (Å²) in [5, 5.41) is 7.22. The van der Waals surface area contributed by atoms with E-state index in [1.807, 2.05) is 0 Å². The number of thioether (sulfide) groups is 1. The van der Waals surface area contributed by atoms with E-state index in [-0.39, 0.29) is 17.2 Å². The molecule has 0 unspecified atom stereocenters. The average molecular weight is 290 g/mol. The Hall–Kier alpha value is -1.08. The summed E-state index contributed by atoms with van der Waals surface area (Å²) < 4.78 is 35.7. The van der Waals surface area contributed by atoms with Gasteiger partial charge in [0.2, 0.25) is 0 Å². The van der Waals surface area contributed by atoms with Crippen LogP contribution in [0.1, 0.15) is 11.1 Å². The van der Waals surface area contributed by atoms with Gasteiger partial charge >= 0.3 is 0 Å². The minimum absolute atomic E-state index is 0.0751. The van der Waals surface area contributed by atoms with Crippen LogP contribution < -0.4 is 5.73 Å². The van der Waals surface area contributed by atoms with E-state index in [0.717, 1.165) is 0 Å². The summed E-state index contributed by atoms with van der Waals surface area (Å²) in [7, 11) is -2.98. The zero-order valence-corrected chi connectivity index (χ0v) is 11.6. The zero-order valence-electron chi connectivity index (χ0n) is 9.94. The monoisotopic (exact) mass is 290 g/mol. The van der Waals surface area contributed by atoms with Crippen LogP contribution in [0.5, 0.6) is 0 Å². The van der Waals surface area contributed by atoms with Crippen molar-refractivity contribution in [3.8, 4) is 0 Å². The van der Waals surface area contributed by atoms with Gasteiger partial charge in [0.05, 0.1) is 11.3 Å². The summed E-state index contributed by atoms with van der Waals surface area (Å²) >= 11 is 1.34. The SMILES string of the molecule is CS(=O)(=O)CCSCc1cccc(C(=N)N)c1F. The molecule has 0 radical (unpaired) electrons. The van der Waals surface area contributed by atoms with E-state index in [1.54, 1.807) is 12.1 Å². The van der Waals surface area contributed by atoms with Gasteiger partial charge < -0.3 is 5.73 Å². The maximum Gasteiger partial charge on any atom is 0.148 e. The van der Waals surface area contributed by atoms with Crippen LogP contribution in [0.25, 0.3) is 0 Å². The van der Waals surface area contributed by atoms with Gasteiger partial charge in [0.15, 0.2) is 0 Å². The molecule has 0 aliphatic rings. The highest BCUT2D eigenvalue weighted by Gasteiger charge is 2.10. The summed E-state index contributed by atoms with van der Waals surface area (Å²) in [6, 6.07) is 4.68. The van der Waals surface area contributed by atoms with Crippen LogP contribution in [-0.2, 0) is 15.6 Å². The molecular weight excluding hydrogens is 275 g/mol. The predicted molar refractivity (Wildman–Crippen MR) is 73.3 cm³/mol. The second kappa shape index (κ2) is 6.19. The lowest BCUT2D eigenvalue weighted by atomic mass is 10.1. The molecule has 0 fully saturated rings. The molecule has 0 aromatic heterocycles. The van der Waals surface area contributed by atoms with Crippen LogP contribution in [0, 0.1) is 11.2 Å². The third-order valence-corrected chi connectivity index (χ3v) is 4.44. The summed E-state index contributed by atoms with van der Waals surface area (Å²) in [6.07, 6.45) is 1.17. The maximum absolute atomic E-state index is 13.8. The van der Waals surface area contributed by atoms with Gasteiger partial charge in [-0.3, -0.25) is 5.41 Å². The van der Waals surface area contributed by atoms with Crippen molar-refractivity contribution in [2.45, 2.75) is 5.75 Å². The van der Waals surface area contributed by atoms with E-state index >= 15 is 0 Å². The van der Waals surface area contributed by atoms with Crippen molar-refractivity contribution < 1.29 is 12.8 Å². The Morgan fingerprint density at radius 3 is 2.72 bits per heavy atom. The number of halogens is 1. The molecule has 0 bridgehead atoms. The quantitative estimate of drug-likeness (QED) is 0.471. The van der Waals surface area contributed by atoms with Gasteiger partial charge in [-0.25, -0.2) is 12.8 Å². The summed E-state index contributed by atoms with van der Waals surface area (Å²) in [5.74, 6) is 0.0452. The molecule has 0 saturated carbocycles. The number of hydrogen-bond donors (Lipinski definition) is 2. The first-order chi connectivity index (χ1) is 8.31. The third-order valence-electron chi connectivity index (χ3n) is 2.22. The molecule has 1 rings (SSSR count). The Kier molecular flexibility index (Phi) is 5.15. The molecule has 0 aliphatic carbocycles. The smallest absolute Gasteiger partial charge is 0.148 e. The largest absolute Gasteiger partial charge is 0.384 e. The van der Waals surface area contributed by atoms with Crippen molar-refractivity contribution in [1.82, 2.24) is 0 Å². The number of nitrogens with one attached hydrogen (secondary N) is 1. The van der Waals surface area contributed by atoms with Gasteiger partial charge in [-0.2, -0.15) is 11.8 Å². The van der Waals surface area contributed by atoms with Crippen LogP contribution in [-0.4, -0.2) is 32.0 Å². The van der Waals surface area contributed by atoms with E-state index in [4.69, 9.17) is 11.1 Å². The lowest BCUT2D eigenvalue weighted by Gasteiger charge is -2.06. The van der Waals surface area contributed by atoms with Gasteiger partial charge in [-0.1, -0.05) is 12.1 Å². The lowest BCUT2D eigenvalue weighted by Crippen LogP contribution is -2.14. The van der Waals surface area contributed by atoms with E-state index in [9.17, 15) is 12.8 Å². The highest BCUT2D eigenvalue weighted by Crippen LogP contribution is 2.18. The van der Waals surface area contributed by atoms with E-state index < -0.39 is 15.7 Å². The zero-order chi connectivity index (χ0) is 13.8. The molecule has 1 aromatic carbocycles. The van der Waals surface area contributed by atoms with Crippen molar-refractivity contribution in [3.05, 3.63) is 35.1 Å². The highest BCUT2D eigenvalue weighted by atomic mass is 32.2. The summed E-state index contributed by atoms with van der Waals surface area (Å²) in [4.78, 5) is 0. The van der Waals surface area contributed by atoms with Gasteiger partial charge in [0, 0.05) is 17.8 Å². The highest BCUT2D eigenvalue weighted by molar-refractivity contribution is 7.99. The van der Waals surface area contributed by atoms with Crippen molar-refractivity contribution >= 4 is 27.4 Å². The maximum atomic E-state index is 13.8. The number of nitrogens with two attached hydrogens (primary N) is 1. The normalized spacial score (nSPS) is 11.4. The van der Waals surface area contributed by atoms with Gasteiger partial charge in [0.1, 0.15) is 21.5 Å². The van der Waals surface area contributed by atoms with Crippen LogP contribution >= 0.6 is 11.8 Å². The number of amidine groups is 1. The minimum atomic E-state index is -2.98.